The number of unbranched alkanes of at least 4 members (excludes halogenated alkanes) is 6. The lowest BCUT2D eigenvalue weighted by Crippen LogP contribution is -2.34. The fourth-order valence-electron chi connectivity index (χ4n) is 4.09. The molecule has 2 fully saturated rings. The Morgan fingerprint density at radius 3 is 2.64 bits per heavy atom. The lowest BCUT2D eigenvalue weighted by Gasteiger charge is -2.27. The van der Waals surface area contributed by atoms with Gasteiger partial charge in [-0.3, -0.25) is 4.79 Å². The Hall–Kier alpha value is -0.870. The van der Waals surface area contributed by atoms with E-state index in [-0.39, 0.29) is 12.5 Å². The highest BCUT2D eigenvalue weighted by atomic mass is 16.6. The van der Waals surface area contributed by atoms with Gasteiger partial charge >= 0.3 is 5.97 Å². The molecule has 0 spiro atoms. The van der Waals surface area contributed by atoms with Crippen molar-refractivity contribution in [3.05, 3.63) is 12.2 Å². The molecule has 144 valence electrons. The summed E-state index contributed by atoms with van der Waals surface area (Å²) < 4.78 is 12.3. The molecule has 2 aliphatic heterocycles. The molecule has 4 nitrogen and oxygen atoms in total. The van der Waals surface area contributed by atoms with Crippen molar-refractivity contribution in [2.24, 2.45) is 5.92 Å². The topological polar surface area (TPSA) is 55.8 Å². The van der Waals surface area contributed by atoms with E-state index in [1.165, 1.54) is 38.5 Å². The van der Waals surface area contributed by atoms with Crippen LogP contribution in [0.2, 0.25) is 0 Å². The van der Waals surface area contributed by atoms with Crippen molar-refractivity contribution in [3.8, 4) is 0 Å². The van der Waals surface area contributed by atoms with E-state index in [9.17, 15) is 4.79 Å². The Bertz CT molecular complexity index is 407. The Balaban J connectivity index is 1.63. The Labute approximate surface area is 153 Å². The molecule has 0 amide bonds. The standard InChI is InChI=1S/C21H36O4/c1-2-3-4-5-8-11-16-24-21-17(18-14-15-19(21)25-18)12-9-6-7-10-13-20(22)23/h6,9,17-19,21H,2-5,7-8,10-16H2,1H3,(H,22,23)/t17-,18+,19-,21-/m0/s1. The molecule has 0 aromatic heterocycles. The Morgan fingerprint density at radius 2 is 1.84 bits per heavy atom. The summed E-state index contributed by atoms with van der Waals surface area (Å²) in [6.07, 6.45) is 18.1. The van der Waals surface area contributed by atoms with Crippen LogP contribution in [0.15, 0.2) is 12.2 Å². The van der Waals surface area contributed by atoms with Gasteiger partial charge in [-0.25, -0.2) is 0 Å². The predicted molar refractivity (Wildman–Crippen MR) is 99.7 cm³/mol. The number of hydrogen-bond acceptors (Lipinski definition) is 3. The fourth-order valence-corrected chi connectivity index (χ4v) is 4.09. The molecule has 25 heavy (non-hydrogen) atoms. The average molecular weight is 353 g/mol. The van der Waals surface area contributed by atoms with Crippen molar-refractivity contribution in [1.82, 2.24) is 0 Å². The van der Waals surface area contributed by atoms with Crippen molar-refractivity contribution in [2.45, 2.75) is 102 Å². The number of hydrogen-bond donors (Lipinski definition) is 1. The molecule has 4 heteroatoms. The number of aliphatic carboxylic acids is 1. The third kappa shape index (κ3) is 7.10. The van der Waals surface area contributed by atoms with E-state index in [4.69, 9.17) is 14.6 Å². The van der Waals surface area contributed by atoms with Gasteiger partial charge in [-0.1, -0.05) is 51.2 Å². The van der Waals surface area contributed by atoms with Crippen molar-refractivity contribution in [1.29, 1.82) is 0 Å². The summed E-state index contributed by atoms with van der Waals surface area (Å²) in [6, 6.07) is 0. The minimum absolute atomic E-state index is 0.256. The molecule has 0 radical (unpaired) electrons. The van der Waals surface area contributed by atoms with Crippen LogP contribution in [0.3, 0.4) is 0 Å². The smallest absolute Gasteiger partial charge is 0.303 e. The first-order valence-corrected chi connectivity index (χ1v) is 10.4. The molecule has 1 N–H and O–H groups in total. The van der Waals surface area contributed by atoms with Gasteiger partial charge in [0.15, 0.2) is 0 Å². The first kappa shape index (κ1) is 20.4. The second-order valence-corrected chi connectivity index (χ2v) is 7.55. The summed E-state index contributed by atoms with van der Waals surface area (Å²) in [5.74, 6) is -0.229. The van der Waals surface area contributed by atoms with Crippen LogP contribution in [-0.4, -0.2) is 36.0 Å². The number of fused-ring (bicyclic) bond motifs is 2. The maximum atomic E-state index is 10.5. The molecule has 4 atom stereocenters. The molecular weight excluding hydrogens is 316 g/mol. The molecule has 2 bridgehead atoms. The van der Waals surface area contributed by atoms with E-state index in [1.54, 1.807) is 0 Å². The zero-order chi connectivity index (χ0) is 17.9. The SMILES string of the molecule is CCCCCCCCO[C@H]1[C@@H](CC=CCCCC(=O)O)[C@H]2CC[C@@H]1O2. The van der Waals surface area contributed by atoms with Crippen molar-refractivity contribution in [2.75, 3.05) is 6.61 Å². The number of carboxylic acid groups (broad SMARTS) is 1. The first-order chi connectivity index (χ1) is 12.2. The van der Waals surface area contributed by atoms with Crippen molar-refractivity contribution >= 4 is 5.97 Å². The number of allylic oxidation sites excluding steroid dienone is 2. The molecule has 2 heterocycles. The zero-order valence-corrected chi connectivity index (χ0v) is 15.8. The maximum absolute atomic E-state index is 10.5. The largest absolute Gasteiger partial charge is 0.481 e. The van der Waals surface area contributed by atoms with Gasteiger partial charge in [-0.2, -0.15) is 0 Å². The van der Waals surface area contributed by atoms with E-state index >= 15 is 0 Å². The van der Waals surface area contributed by atoms with Crippen molar-refractivity contribution < 1.29 is 19.4 Å². The van der Waals surface area contributed by atoms with Gasteiger partial charge in [0.1, 0.15) is 0 Å². The highest BCUT2D eigenvalue weighted by Gasteiger charge is 2.48. The van der Waals surface area contributed by atoms with Crippen LogP contribution in [0.25, 0.3) is 0 Å². The van der Waals surface area contributed by atoms with E-state index in [1.807, 2.05) is 0 Å². The van der Waals surface area contributed by atoms with Crippen LogP contribution < -0.4 is 0 Å². The summed E-state index contributed by atoms with van der Waals surface area (Å²) in [6.45, 7) is 3.11. The second kappa shape index (κ2) is 11.7. The minimum Gasteiger partial charge on any atom is -0.481 e. The highest BCUT2D eigenvalue weighted by Crippen LogP contribution is 2.42. The van der Waals surface area contributed by atoms with Gasteiger partial charge in [0.05, 0.1) is 18.3 Å². The van der Waals surface area contributed by atoms with Crippen molar-refractivity contribution in [3.63, 3.8) is 0 Å². The molecule has 0 saturated carbocycles. The van der Waals surface area contributed by atoms with E-state index < -0.39 is 5.97 Å². The van der Waals surface area contributed by atoms with Gasteiger partial charge in [0.25, 0.3) is 0 Å². The lowest BCUT2D eigenvalue weighted by atomic mass is 9.84. The van der Waals surface area contributed by atoms with Gasteiger partial charge in [0.2, 0.25) is 0 Å². The Kier molecular flexibility index (Phi) is 9.56. The maximum Gasteiger partial charge on any atom is 0.303 e. The number of carbonyl (C=O) groups is 1. The van der Waals surface area contributed by atoms with Crippen LogP contribution in [-0.2, 0) is 14.3 Å². The summed E-state index contributed by atoms with van der Waals surface area (Å²) in [7, 11) is 0. The summed E-state index contributed by atoms with van der Waals surface area (Å²) in [4.78, 5) is 10.5. The monoisotopic (exact) mass is 352 g/mol. The molecule has 0 aromatic rings. The van der Waals surface area contributed by atoms with Crippen LogP contribution in [0.1, 0.15) is 84.0 Å². The van der Waals surface area contributed by atoms with Gasteiger partial charge in [-0.05, 0) is 38.5 Å². The molecule has 0 aliphatic carbocycles. The molecule has 2 saturated heterocycles. The van der Waals surface area contributed by atoms with Gasteiger partial charge in [-0.15, -0.1) is 0 Å². The number of carboxylic acids is 1. The zero-order valence-electron chi connectivity index (χ0n) is 15.8. The van der Waals surface area contributed by atoms with Crippen LogP contribution in [0.4, 0.5) is 0 Å². The van der Waals surface area contributed by atoms with Gasteiger partial charge in [0, 0.05) is 18.9 Å². The highest BCUT2D eigenvalue weighted by molar-refractivity contribution is 5.66. The first-order valence-electron chi connectivity index (χ1n) is 10.4. The number of ether oxygens (including phenoxy) is 2. The molecule has 0 unspecified atom stereocenters. The lowest BCUT2D eigenvalue weighted by molar-refractivity contribution is -0.137. The minimum atomic E-state index is -0.710. The Morgan fingerprint density at radius 1 is 1.08 bits per heavy atom. The molecule has 2 rings (SSSR count). The van der Waals surface area contributed by atoms with Crippen LogP contribution >= 0.6 is 0 Å². The summed E-state index contributed by atoms with van der Waals surface area (Å²) in [5.41, 5.74) is 0. The second-order valence-electron chi connectivity index (χ2n) is 7.55. The van der Waals surface area contributed by atoms with Gasteiger partial charge < -0.3 is 14.6 Å². The normalized spacial score (nSPS) is 28.2. The molecule has 0 aromatic carbocycles. The predicted octanol–water partition coefficient (Wildman–Crippen LogP) is 5.11. The van der Waals surface area contributed by atoms with E-state index in [0.717, 1.165) is 38.7 Å². The van der Waals surface area contributed by atoms with E-state index in [2.05, 4.69) is 19.1 Å². The van der Waals surface area contributed by atoms with Crippen LogP contribution in [0, 0.1) is 5.92 Å². The molecule has 2 aliphatic rings. The quantitative estimate of drug-likeness (QED) is 0.348. The fraction of sp³-hybridized carbons (Fsp3) is 0.857. The number of rotatable bonds is 14. The van der Waals surface area contributed by atoms with E-state index in [0.29, 0.717) is 18.1 Å². The third-order valence-corrected chi connectivity index (χ3v) is 5.50. The molecular formula is C21H36O4. The third-order valence-electron chi connectivity index (χ3n) is 5.50. The summed E-state index contributed by atoms with van der Waals surface area (Å²) in [5, 5.41) is 8.65. The van der Waals surface area contributed by atoms with Crippen LogP contribution in [0.5, 0.6) is 0 Å². The summed E-state index contributed by atoms with van der Waals surface area (Å²) >= 11 is 0. The average Bonchev–Trinajstić information content (AvgIpc) is 3.19.